The monoisotopic (exact) mass is 343 g/mol. The summed E-state index contributed by atoms with van der Waals surface area (Å²) in [6, 6.07) is 7.07. The Morgan fingerprint density at radius 3 is 2.56 bits per heavy atom. The van der Waals surface area contributed by atoms with Crippen molar-refractivity contribution >= 4 is 5.91 Å². The van der Waals surface area contributed by atoms with Gasteiger partial charge in [0.15, 0.2) is 5.82 Å². The van der Waals surface area contributed by atoms with Crippen molar-refractivity contribution < 1.29 is 14.4 Å². The maximum Gasteiger partial charge on any atom is 0.257 e. The molecular weight excluding hydrogens is 318 g/mol. The lowest BCUT2D eigenvalue weighted by atomic mass is 9.96. The maximum atomic E-state index is 12.2. The van der Waals surface area contributed by atoms with Crippen molar-refractivity contribution in [3.05, 3.63) is 35.7 Å². The average Bonchev–Trinajstić information content (AvgIpc) is 3.38. The molecule has 134 valence electrons. The molecule has 1 atom stereocenters. The Balaban J connectivity index is 1.58. The Labute approximate surface area is 147 Å². The van der Waals surface area contributed by atoms with Crippen LogP contribution in [0.5, 0.6) is 0 Å². The number of carbonyl (C=O) groups excluding carboxylic acids is 1. The number of nitrogens with one attached hydrogen (secondary N) is 1. The van der Waals surface area contributed by atoms with E-state index in [1.54, 1.807) is 24.3 Å². The van der Waals surface area contributed by atoms with E-state index in [1.807, 2.05) is 13.8 Å². The van der Waals surface area contributed by atoms with Crippen LogP contribution in [0.1, 0.15) is 61.6 Å². The van der Waals surface area contributed by atoms with Crippen LogP contribution in [0.2, 0.25) is 0 Å². The Kier molecular flexibility index (Phi) is 5.48. The minimum absolute atomic E-state index is 0.194. The number of aliphatic hydroxyl groups excluding tert-OH is 1. The van der Waals surface area contributed by atoms with Crippen molar-refractivity contribution in [2.75, 3.05) is 6.54 Å². The molecule has 1 fully saturated rings. The van der Waals surface area contributed by atoms with Gasteiger partial charge in [-0.15, -0.1) is 0 Å². The smallest absolute Gasteiger partial charge is 0.257 e. The molecule has 1 amide bonds. The second-order valence-corrected chi connectivity index (χ2v) is 6.66. The van der Waals surface area contributed by atoms with E-state index in [-0.39, 0.29) is 18.4 Å². The summed E-state index contributed by atoms with van der Waals surface area (Å²) in [5.74, 6) is 1.72. The largest absolute Gasteiger partial charge is 0.391 e. The fourth-order valence-electron chi connectivity index (χ4n) is 2.92. The zero-order chi connectivity index (χ0) is 17.8. The first kappa shape index (κ1) is 17.6. The van der Waals surface area contributed by atoms with Crippen LogP contribution in [0, 0.1) is 5.92 Å². The molecule has 25 heavy (non-hydrogen) atoms. The molecule has 1 heterocycles. The van der Waals surface area contributed by atoms with Gasteiger partial charge in [0.2, 0.25) is 0 Å². The molecule has 1 saturated carbocycles. The SMILES string of the molecule is CCC(CC)C(O)CNC(=O)c1ccc(-c2nc(C3CC3)no2)cc1. The Morgan fingerprint density at radius 1 is 1.28 bits per heavy atom. The highest BCUT2D eigenvalue weighted by molar-refractivity contribution is 5.94. The molecule has 0 spiro atoms. The van der Waals surface area contributed by atoms with E-state index >= 15 is 0 Å². The van der Waals surface area contributed by atoms with E-state index in [0.717, 1.165) is 37.1 Å². The Bertz CT molecular complexity index is 703. The van der Waals surface area contributed by atoms with Gasteiger partial charge >= 0.3 is 0 Å². The second-order valence-electron chi connectivity index (χ2n) is 6.66. The van der Waals surface area contributed by atoms with Crippen molar-refractivity contribution in [1.29, 1.82) is 0 Å². The van der Waals surface area contributed by atoms with Crippen molar-refractivity contribution in [2.24, 2.45) is 5.92 Å². The predicted molar refractivity (Wildman–Crippen MR) is 94.1 cm³/mol. The molecule has 1 unspecified atom stereocenters. The summed E-state index contributed by atoms with van der Waals surface area (Å²) in [6.45, 7) is 4.36. The summed E-state index contributed by atoms with van der Waals surface area (Å²) in [6.07, 6.45) is 3.53. The van der Waals surface area contributed by atoms with Gasteiger partial charge in [-0.1, -0.05) is 31.8 Å². The molecule has 0 radical (unpaired) electrons. The maximum absolute atomic E-state index is 12.2. The molecule has 0 aliphatic heterocycles. The number of rotatable bonds is 8. The normalized spacial score (nSPS) is 15.4. The molecule has 1 aliphatic rings. The summed E-state index contributed by atoms with van der Waals surface area (Å²) in [5.41, 5.74) is 1.34. The van der Waals surface area contributed by atoms with Gasteiger partial charge in [-0.25, -0.2) is 0 Å². The predicted octanol–water partition coefficient (Wildman–Crippen LogP) is 3.14. The van der Waals surface area contributed by atoms with Crippen LogP contribution < -0.4 is 5.32 Å². The zero-order valence-corrected chi connectivity index (χ0v) is 14.7. The summed E-state index contributed by atoms with van der Waals surface area (Å²) in [7, 11) is 0. The highest BCUT2D eigenvalue weighted by Gasteiger charge is 2.29. The number of hydrogen-bond acceptors (Lipinski definition) is 5. The van der Waals surface area contributed by atoms with Gasteiger partial charge in [0.1, 0.15) is 0 Å². The quantitative estimate of drug-likeness (QED) is 0.769. The molecule has 2 N–H and O–H groups in total. The number of aromatic nitrogens is 2. The topological polar surface area (TPSA) is 88.2 Å². The first-order chi connectivity index (χ1) is 12.1. The summed E-state index contributed by atoms with van der Waals surface area (Å²) in [4.78, 5) is 16.6. The Hall–Kier alpha value is -2.21. The van der Waals surface area contributed by atoms with Crippen molar-refractivity contribution in [2.45, 2.75) is 51.6 Å². The average molecular weight is 343 g/mol. The molecule has 6 heteroatoms. The second kappa shape index (κ2) is 7.78. The van der Waals surface area contributed by atoms with Crippen molar-refractivity contribution in [1.82, 2.24) is 15.5 Å². The van der Waals surface area contributed by atoms with E-state index in [1.165, 1.54) is 0 Å². The highest BCUT2D eigenvalue weighted by Crippen LogP contribution is 2.38. The first-order valence-electron chi connectivity index (χ1n) is 9.02. The molecule has 6 nitrogen and oxygen atoms in total. The van der Waals surface area contributed by atoms with Crippen LogP contribution in [0.25, 0.3) is 11.5 Å². The van der Waals surface area contributed by atoms with Crippen LogP contribution in [-0.4, -0.2) is 33.8 Å². The van der Waals surface area contributed by atoms with E-state index < -0.39 is 6.10 Å². The van der Waals surface area contributed by atoms with Crippen molar-refractivity contribution in [3.8, 4) is 11.5 Å². The van der Waals surface area contributed by atoms with E-state index in [2.05, 4.69) is 15.5 Å². The van der Waals surface area contributed by atoms with Gasteiger partial charge in [0.05, 0.1) is 6.10 Å². The third-order valence-corrected chi connectivity index (χ3v) is 4.84. The fraction of sp³-hybridized carbons (Fsp3) is 0.526. The molecule has 1 aromatic carbocycles. The molecule has 0 bridgehead atoms. The van der Waals surface area contributed by atoms with Crippen LogP contribution in [0.15, 0.2) is 28.8 Å². The van der Waals surface area contributed by atoms with Gasteiger partial charge in [-0.3, -0.25) is 4.79 Å². The summed E-state index contributed by atoms with van der Waals surface area (Å²) < 4.78 is 5.29. The summed E-state index contributed by atoms with van der Waals surface area (Å²) >= 11 is 0. The lowest BCUT2D eigenvalue weighted by Crippen LogP contribution is -2.36. The summed E-state index contributed by atoms with van der Waals surface area (Å²) in [5, 5.41) is 16.9. The molecule has 2 aromatic rings. The van der Waals surface area contributed by atoms with E-state index in [9.17, 15) is 9.90 Å². The minimum Gasteiger partial charge on any atom is -0.391 e. The van der Waals surface area contributed by atoms with Gasteiger partial charge in [0.25, 0.3) is 11.8 Å². The van der Waals surface area contributed by atoms with Crippen molar-refractivity contribution in [3.63, 3.8) is 0 Å². The van der Waals surface area contributed by atoms with Gasteiger partial charge in [-0.2, -0.15) is 4.98 Å². The van der Waals surface area contributed by atoms with E-state index in [0.29, 0.717) is 17.4 Å². The number of aliphatic hydroxyl groups is 1. The first-order valence-corrected chi connectivity index (χ1v) is 9.02. The number of hydrogen-bond donors (Lipinski definition) is 2. The van der Waals surface area contributed by atoms with Crippen LogP contribution in [0.4, 0.5) is 0 Å². The van der Waals surface area contributed by atoms with Gasteiger partial charge in [0, 0.05) is 23.6 Å². The Morgan fingerprint density at radius 2 is 1.96 bits per heavy atom. The standard InChI is InChI=1S/C19H25N3O3/c1-3-12(4-2)16(23)11-20-18(24)14-7-9-15(10-8-14)19-21-17(22-25-19)13-5-6-13/h7-10,12-13,16,23H,3-6,11H2,1-2H3,(H,20,24). The van der Waals surface area contributed by atoms with Gasteiger partial charge < -0.3 is 14.9 Å². The lowest BCUT2D eigenvalue weighted by Gasteiger charge is -2.20. The highest BCUT2D eigenvalue weighted by atomic mass is 16.5. The fourth-order valence-corrected chi connectivity index (χ4v) is 2.92. The number of carbonyl (C=O) groups is 1. The van der Waals surface area contributed by atoms with Gasteiger partial charge in [-0.05, 0) is 43.0 Å². The number of amides is 1. The third-order valence-electron chi connectivity index (χ3n) is 4.84. The number of benzene rings is 1. The minimum atomic E-state index is -0.516. The molecule has 0 saturated heterocycles. The number of nitrogens with zero attached hydrogens (tertiary/aromatic N) is 2. The van der Waals surface area contributed by atoms with E-state index in [4.69, 9.17) is 4.52 Å². The molecule has 1 aromatic heterocycles. The molecule has 1 aliphatic carbocycles. The van der Waals surface area contributed by atoms with Crippen LogP contribution >= 0.6 is 0 Å². The molecular formula is C19H25N3O3. The zero-order valence-electron chi connectivity index (χ0n) is 14.7. The lowest BCUT2D eigenvalue weighted by molar-refractivity contribution is 0.0816. The van der Waals surface area contributed by atoms with Crippen LogP contribution in [0.3, 0.4) is 0 Å². The molecule has 3 rings (SSSR count). The van der Waals surface area contributed by atoms with Crippen LogP contribution in [-0.2, 0) is 0 Å². The third kappa shape index (κ3) is 4.25.